The Kier molecular flexibility index (Phi) is 2.40. The van der Waals surface area contributed by atoms with Gasteiger partial charge >= 0.3 is 0 Å². The molecule has 0 amide bonds. The second-order valence-electron chi connectivity index (χ2n) is 2.75. The molecule has 0 saturated heterocycles. The van der Waals surface area contributed by atoms with E-state index in [-0.39, 0.29) is 0 Å². The van der Waals surface area contributed by atoms with Gasteiger partial charge in [-0.3, -0.25) is 4.98 Å². The zero-order chi connectivity index (χ0) is 10.1. The van der Waals surface area contributed by atoms with Crippen LogP contribution < -0.4 is 0 Å². The van der Waals surface area contributed by atoms with E-state index in [1.807, 2.05) is 6.07 Å². The second kappa shape index (κ2) is 3.56. The molecule has 14 heavy (non-hydrogen) atoms. The van der Waals surface area contributed by atoms with Gasteiger partial charge in [0.1, 0.15) is 6.07 Å². The monoisotopic (exact) mass is 266 g/mol. The predicted octanol–water partition coefficient (Wildman–Crippen LogP) is 3.52. The topological polar surface area (TPSA) is 36.7 Å². The third-order valence-corrected chi connectivity index (χ3v) is 2.94. The molecule has 0 fully saturated rings. The standard InChI is InChI=1S/C10H4BrClN2/c11-8-1-2-9(12)10-6(3-13)4-14-5-7(8)10/h1-2,4-5H. The molecule has 0 N–H and O–H groups in total. The third kappa shape index (κ3) is 1.37. The first-order valence-electron chi connectivity index (χ1n) is 3.86. The van der Waals surface area contributed by atoms with E-state index in [1.165, 1.54) is 6.20 Å². The summed E-state index contributed by atoms with van der Waals surface area (Å²) in [5.41, 5.74) is 0.494. The molecule has 0 radical (unpaired) electrons. The van der Waals surface area contributed by atoms with Crippen LogP contribution in [0, 0.1) is 11.3 Å². The molecule has 4 heteroatoms. The van der Waals surface area contributed by atoms with Gasteiger partial charge in [-0.05, 0) is 12.1 Å². The lowest BCUT2D eigenvalue weighted by atomic mass is 10.1. The number of benzene rings is 1. The Morgan fingerprint density at radius 3 is 2.86 bits per heavy atom. The summed E-state index contributed by atoms with van der Waals surface area (Å²) in [4.78, 5) is 3.97. The van der Waals surface area contributed by atoms with E-state index in [2.05, 4.69) is 27.0 Å². The van der Waals surface area contributed by atoms with Crippen molar-refractivity contribution in [3.8, 4) is 6.07 Å². The Balaban J connectivity index is 3.01. The van der Waals surface area contributed by atoms with Crippen LogP contribution in [0.25, 0.3) is 10.8 Å². The van der Waals surface area contributed by atoms with Crippen molar-refractivity contribution in [2.24, 2.45) is 0 Å². The quantitative estimate of drug-likeness (QED) is 0.732. The minimum atomic E-state index is 0.494. The van der Waals surface area contributed by atoms with Crippen LogP contribution in [0.5, 0.6) is 0 Å². The highest BCUT2D eigenvalue weighted by atomic mass is 79.9. The molecule has 0 aliphatic heterocycles. The zero-order valence-corrected chi connectivity index (χ0v) is 9.30. The summed E-state index contributed by atoms with van der Waals surface area (Å²) in [6.45, 7) is 0. The third-order valence-electron chi connectivity index (χ3n) is 1.94. The van der Waals surface area contributed by atoms with Crippen LogP contribution in [0.3, 0.4) is 0 Å². The Morgan fingerprint density at radius 1 is 1.36 bits per heavy atom. The Bertz CT molecular complexity index is 546. The van der Waals surface area contributed by atoms with Crippen LogP contribution in [0.15, 0.2) is 29.0 Å². The number of nitrogens with zero attached hydrogens (tertiary/aromatic N) is 2. The van der Waals surface area contributed by atoms with Gasteiger partial charge in [0.05, 0.1) is 5.56 Å². The highest BCUT2D eigenvalue weighted by Crippen LogP contribution is 2.31. The van der Waals surface area contributed by atoms with Gasteiger partial charge in [-0.15, -0.1) is 0 Å². The Labute approximate surface area is 94.3 Å². The van der Waals surface area contributed by atoms with E-state index >= 15 is 0 Å². The number of pyridine rings is 1. The lowest BCUT2D eigenvalue weighted by molar-refractivity contribution is 1.33. The van der Waals surface area contributed by atoms with Gasteiger partial charge in [-0.1, -0.05) is 27.5 Å². The van der Waals surface area contributed by atoms with Gasteiger partial charge < -0.3 is 0 Å². The normalized spacial score (nSPS) is 10.1. The second-order valence-corrected chi connectivity index (χ2v) is 4.01. The fraction of sp³-hybridized carbons (Fsp3) is 0. The minimum Gasteiger partial charge on any atom is -0.263 e. The van der Waals surface area contributed by atoms with Crippen LogP contribution in [0.2, 0.25) is 5.02 Å². The average Bonchev–Trinajstić information content (AvgIpc) is 2.23. The van der Waals surface area contributed by atoms with E-state index in [4.69, 9.17) is 16.9 Å². The maximum atomic E-state index is 8.89. The van der Waals surface area contributed by atoms with E-state index < -0.39 is 0 Å². The van der Waals surface area contributed by atoms with Crippen LogP contribution >= 0.6 is 27.5 Å². The molecule has 1 aromatic carbocycles. The molecule has 1 aromatic heterocycles. The molecule has 1 heterocycles. The number of hydrogen-bond acceptors (Lipinski definition) is 2. The van der Waals surface area contributed by atoms with E-state index in [9.17, 15) is 0 Å². The van der Waals surface area contributed by atoms with Crippen molar-refractivity contribution in [2.75, 3.05) is 0 Å². The van der Waals surface area contributed by atoms with Gasteiger partial charge in [0.15, 0.2) is 0 Å². The number of rotatable bonds is 0. The van der Waals surface area contributed by atoms with Crippen molar-refractivity contribution < 1.29 is 0 Å². The number of hydrogen-bond donors (Lipinski definition) is 0. The molecular formula is C10H4BrClN2. The first kappa shape index (κ1) is 9.45. The molecule has 0 bridgehead atoms. The summed E-state index contributed by atoms with van der Waals surface area (Å²) in [6, 6.07) is 5.67. The first-order valence-corrected chi connectivity index (χ1v) is 5.03. The largest absolute Gasteiger partial charge is 0.263 e. The number of nitriles is 1. The van der Waals surface area contributed by atoms with Crippen molar-refractivity contribution in [3.05, 3.63) is 39.6 Å². The van der Waals surface area contributed by atoms with Crippen molar-refractivity contribution in [1.29, 1.82) is 5.26 Å². The summed E-state index contributed by atoms with van der Waals surface area (Å²) in [7, 11) is 0. The van der Waals surface area contributed by atoms with Gasteiger partial charge in [-0.25, -0.2) is 0 Å². The molecule has 0 aliphatic rings. The Morgan fingerprint density at radius 2 is 2.14 bits per heavy atom. The molecule has 2 nitrogen and oxygen atoms in total. The zero-order valence-electron chi connectivity index (χ0n) is 6.96. The molecule has 2 rings (SSSR count). The van der Waals surface area contributed by atoms with Crippen LogP contribution in [-0.4, -0.2) is 4.98 Å². The van der Waals surface area contributed by atoms with Gasteiger partial charge in [0.2, 0.25) is 0 Å². The number of halogens is 2. The molecule has 0 aliphatic carbocycles. The lowest BCUT2D eigenvalue weighted by Crippen LogP contribution is -1.84. The number of aromatic nitrogens is 1. The molecule has 2 aromatic rings. The van der Waals surface area contributed by atoms with Crippen molar-refractivity contribution in [1.82, 2.24) is 4.98 Å². The van der Waals surface area contributed by atoms with Crippen LogP contribution in [-0.2, 0) is 0 Å². The lowest BCUT2D eigenvalue weighted by Gasteiger charge is -2.03. The first-order chi connectivity index (χ1) is 6.74. The fourth-order valence-corrected chi connectivity index (χ4v) is 2.00. The fourth-order valence-electron chi connectivity index (χ4n) is 1.30. The highest BCUT2D eigenvalue weighted by Gasteiger charge is 2.07. The van der Waals surface area contributed by atoms with E-state index in [0.29, 0.717) is 10.6 Å². The van der Waals surface area contributed by atoms with E-state index in [1.54, 1.807) is 12.3 Å². The van der Waals surface area contributed by atoms with E-state index in [0.717, 1.165) is 15.2 Å². The summed E-state index contributed by atoms with van der Waals surface area (Å²) >= 11 is 9.40. The van der Waals surface area contributed by atoms with Gasteiger partial charge in [0, 0.05) is 32.7 Å². The maximum absolute atomic E-state index is 8.89. The highest BCUT2D eigenvalue weighted by molar-refractivity contribution is 9.10. The minimum absolute atomic E-state index is 0.494. The van der Waals surface area contributed by atoms with Gasteiger partial charge in [-0.2, -0.15) is 5.26 Å². The van der Waals surface area contributed by atoms with Crippen LogP contribution in [0.1, 0.15) is 5.56 Å². The molecule has 0 unspecified atom stereocenters. The number of fused-ring (bicyclic) bond motifs is 1. The molecular weight excluding hydrogens is 263 g/mol. The summed E-state index contributed by atoms with van der Waals surface area (Å²) in [5.74, 6) is 0. The van der Waals surface area contributed by atoms with Crippen molar-refractivity contribution in [3.63, 3.8) is 0 Å². The summed E-state index contributed by atoms with van der Waals surface area (Å²) < 4.78 is 0.890. The van der Waals surface area contributed by atoms with Gasteiger partial charge in [0.25, 0.3) is 0 Å². The summed E-state index contributed by atoms with van der Waals surface area (Å²) in [6.07, 6.45) is 3.20. The summed E-state index contributed by atoms with van der Waals surface area (Å²) in [5, 5.41) is 11.1. The molecule has 0 saturated carbocycles. The van der Waals surface area contributed by atoms with Crippen molar-refractivity contribution >= 4 is 38.3 Å². The van der Waals surface area contributed by atoms with Crippen LogP contribution in [0.4, 0.5) is 0 Å². The maximum Gasteiger partial charge on any atom is 0.101 e. The average molecular weight is 268 g/mol. The molecule has 0 atom stereocenters. The smallest absolute Gasteiger partial charge is 0.101 e. The Hall–Kier alpha value is -1.11. The molecule has 68 valence electrons. The predicted molar refractivity (Wildman–Crippen MR) is 59.2 cm³/mol. The SMILES string of the molecule is N#Cc1cncc2c(Br)ccc(Cl)c12. The van der Waals surface area contributed by atoms with Crippen molar-refractivity contribution in [2.45, 2.75) is 0 Å². The molecule has 0 spiro atoms.